The van der Waals surface area contributed by atoms with E-state index in [2.05, 4.69) is 5.32 Å². The number of nitrogens with one attached hydrogen (secondary N) is 1. The Hall–Kier alpha value is -0.630. The second-order valence-corrected chi connectivity index (χ2v) is 7.67. The van der Waals surface area contributed by atoms with Gasteiger partial charge in [-0.15, -0.1) is 0 Å². The van der Waals surface area contributed by atoms with E-state index in [-0.39, 0.29) is 6.04 Å². The Morgan fingerprint density at radius 1 is 1.38 bits per heavy atom. The molecule has 3 nitrogen and oxygen atoms in total. The fraction of sp³-hybridized carbons (Fsp3) is 0.500. The first-order chi connectivity index (χ1) is 7.59. The van der Waals surface area contributed by atoms with Crippen molar-refractivity contribution in [1.82, 2.24) is 5.32 Å². The van der Waals surface area contributed by atoms with E-state index in [1.807, 2.05) is 37.6 Å². The monoisotopic (exact) mass is 239 g/mol. The predicted molar refractivity (Wildman–Crippen MR) is 67.1 cm³/mol. The highest BCUT2D eigenvalue weighted by Gasteiger charge is 2.22. The summed E-state index contributed by atoms with van der Waals surface area (Å²) in [4.78, 5) is 0. The van der Waals surface area contributed by atoms with Crippen LogP contribution >= 0.6 is 7.14 Å². The Bertz CT molecular complexity index is 407. The number of morpholine rings is 1. The molecule has 0 amide bonds. The predicted octanol–water partition coefficient (Wildman–Crippen LogP) is 1.60. The smallest absolute Gasteiger partial charge is 0.110 e. The maximum Gasteiger partial charge on any atom is 0.110 e. The Labute approximate surface area is 96.6 Å². The molecule has 0 bridgehead atoms. The third kappa shape index (κ3) is 2.54. The van der Waals surface area contributed by atoms with Gasteiger partial charge in [-0.1, -0.05) is 24.3 Å². The zero-order chi connectivity index (χ0) is 11.6. The Balaban J connectivity index is 2.36. The molecule has 1 aromatic carbocycles. The average Bonchev–Trinajstić information content (AvgIpc) is 2.29. The zero-order valence-corrected chi connectivity index (χ0v) is 10.7. The Kier molecular flexibility index (Phi) is 3.48. The Morgan fingerprint density at radius 3 is 2.75 bits per heavy atom. The third-order valence-electron chi connectivity index (χ3n) is 2.81. The summed E-state index contributed by atoms with van der Waals surface area (Å²) < 4.78 is 17.7. The molecule has 1 saturated heterocycles. The second-order valence-electron chi connectivity index (χ2n) is 4.49. The van der Waals surface area contributed by atoms with Crippen LogP contribution in [0.4, 0.5) is 0 Å². The van der Waals surface area contributed by atoms with Crippen molar-refractivity contribution in [3.8, 4) is 0 Å². The number of ether oxygens (including phenoxy) is 1. The van der Waals surface area contributed by atoms with Crippen LogP contribution in [0.5, 0.6) is 0 Å². The minimum Gasteiger partial charge on any atom is -0.378 e. The van der Waals surface area contributed by atoms with Crippen molar-refractivity contribution in [1.29, 1.82) is 0 Å². The largest absolute Gasteiger partial charge is 0.378 e. The van der Waals surface area contributed by atoms with Gasteiger partial charge in [0.25, 0.3) is 0 Å². The van der Waals surface area contributed by atoms with Crippen molar-refractivity contribution in [3.63, 3.8) is 0 Å². The molecule has 1 fully saturated rings. The molecule has 1 aliphatic rings. The molecular formula is C12H18NO2P. The molecule has 1 heterocycles. The average molecular weight is 239 g/mol. The molecular weight excluding hydrogens is 221 g/mol. The van der Waals surface area contributed by atoms with Gasteiger partial charge in [0.1, 0.15) is 7.14 Å². The highest BCUT2D eigenvalue weighted by atomic mass is 31.2. The summed E-state index contributed by atoms with van der Waals surface area (Å²) in [7, 11) is -2.22. The lowest BCUT2D eigenvalue weighted by atomic mass is 10.1. The molecule has 1 atom stereocenters. The van der Waals surface area contributed by atoms with Crippen LogP contribution in [0.2, 0.25) is 0 Å². The minimum absolute atomic E-state index is 0.179. The van der Waals surface area contributed by atoms with E-state index in [4.69, 9.17) is 4.74 Å². The highest BCUT2D eigenvalue weighted by Crippen LogP contribution is 2.37. The molecule has 0 aromatic heterocycles. The van der Waals surface area contributed by atoms with Gasteiger partial charge in [0.2, 0.25) is 0 Å². The van der Waals surface area contributed by atoms with Crippen LogP contribution in [0.3, 0.4) is 0 Å². The van der Waals surface area contributed by atoms with Crippen LogP contribution in [-0.4, -0.2) is 33.1 Å². The van der Waals surface area contributed by atoms with E-state index in [1.165, 1.54) is 0 Å². The van der Waals surface area contributed by atoms with Crippen LogP contribution in [0, 0.1) is 0 Å². The fourth-order valence-electron chi connectivity index (χ4n) is 2.04. The SMILES string of the molecule is CP(C)(=O)c1ccccc1C1COCCN1. The van der Waals surface area contributed by atoms with Gasteiger partial charge in [0, 0.05) is 11.8 Å². The van der Waals surface area contributed by atoms with Gasteiger partial charge in [-0.05, 0) is 18.9 Å². The maximum atomic E-state index is 12.2. The molecule has 1 unspecified atom stereocenters. The van der Waals surface area contributed by atoms with Crippen LogP contribution in [-0.2, 0) is 9.30 Å². The van der Waals surface area contributed by atoms with Crippen molar-refractivity contribution in [2.24, 2.45) is 0 Å². The van der Waals surface area contributed by atoms with Crippen molar-refractivity contribution in [2.45, 2.75) is 6.04 Å². The summed E-state index contributed by atoms with van der Waals surface area (Å²) in [6.45, 7) is 5.91. The molecule has 0 radical (unpaired) electrons. The fourth-order valence-corrected chi connectivity index (χ4v) is 3.34. The molecule has 2 rings (SSSR count). The lowest BCUT2D eigenvalue weighted by Crippen LogP contribution is -2.36. The van der Waals surface area contributed by atoms with Gasteiger partial charge in [-0.3, -0.25) is 0 Å². The van der Waals surface area contributed by atoms with Gasteiger partial charge in [0.15, 0.2) is 0 Å². The number of benzene rings is 1. The van der Waals surface area contributed by atoms with E-state index in [9.17, 15) is 4.57 Å². The molecule has 0 spiro atoms. The second kappa shape index (κ2) is 4.70. The highest BCUT2D eigenvalue weighted by molar-refractivity contribution is 7.70. The molecule has 4 heteroatoms. The molecule has 0 aliphatic carbocycles. The first-order valence-corrected chi connectivity index (χ1v) is 8.15. The molecule has 1 aromatic rings. The summed E-state index contributed by atoms with van der Waals surface area (Å²) in [5.41, 5.74) is 1.12. The number of hydrogen-bond donors (Lipinski definition) is 1. The molecule has 16 heavy (non-hydrogen) atoms. The van der Waals surface area contributed by atoms with Crippen LogP contribution in [0.15, 0.2) is 24.3 Å². The van der Waals surface area contributed by atoms with E-state index in [0.29, 0.717) is 6.61 Å². The van der Waals surface area contributed by atoms with Gasteiger partial charge >= 0.3 is 0 Å². The first kappa shape index (κ1) is 11.8. The van der Waals surface area contributed by atoms with E-state index >= 15 is 0 Å². The van der Waals surface area contributed by atoms with Crippen LogP contribution in [0.1, 0.15) is 11.6 Å². The maximum absolute atomic E-state index is 12.2. The van der Waals surface area contributed by atoms with Crippen molar-refractivity contribution in [3.05, 3.63) is 29.8 Å². The summed E-state index contributed by atoms with van der Waals surface area (Å²) in [5.74, 6) is 0. The van der Waals surface area contributed by atoms with Gasteiger partial charge in [-0.2, -0.15) is 0 Å². The summed E-state index contributed by atoms with van der Waals surface area (Å²) in [5, 5.41) is 4.37. The van der Waals surface area contributed by atoms with Crippen LogP contribution < -0.4 is 10.6 Å². The molecule has 1 aliphatic heterocycles. The van der Waals surface area contributed by atoms with E-state index < -0.39 is 7.14 Å². The van der Waals surface area contributed by atoms with Gasteiger partial charge in [0.05, 0.1) is 19.3 Å². The van der Waals surface area contributed by atoms with E-state index in [0.717, 1.165) is 24.0 Å². The van der Waals surface area contributed by atoms with Gasteiger partial charge < -0.3 is 14.6 Å². The third-order valence-corrected chi connectivity index (χ3v) is 4.38. The lowest BCUT2D eigenvalue weighted by molar-refractivity contribution is 0.0771. The number of rotatable bonds is 2. The first-order valence-electron chi connectivity index (χ1n) is 5.54. The van der Waals surface area contributed by atoms with Gasteiger partial charge in [-0.25, -0.2) is 0 Å². The van der Waals surface area contributed by atoms with E-state index in [1.54, 1.807) is 0 Å². The standard InChI is InChI=1S/C12H18NO2P/c1-16(2,14)12-6-4-3-5-10(12)11-9-15-8-7-13-11/h3-6,11,13H,7-9H2,1-2H3. The molecule has 88 valence electrons. The minimum atomic E-state index is -2.22. The summed E-state index contributed by atoms with van der Waals surface area (Å²) >= 11 is 0. The van der Waals surface area contributed by atoms with Crippen molar-refractivity contribution < 1.29 is 9.30 Å². The van der Waals surface area contributed by atoms with Crippen molar-refractivity contribution >= 4 is 12.4 Å². The summed E-state index contributed by atoms with van der Waals surface area (Å²) in [6, 6.07) is 8.12. The Morgan fingerprint density at radius 2 is 2.12 bits per heavy atom. The topological polar surface area (TPSA) is 38.3 Å². The normalized spacial score (nSPS) is 22.0. The lowest BCUT2D eigenvalue weighted by Gasteiger charge is -2.27. The zero-order valence-electron chi connectivity index (χ0n) is 9.77. The van der Waals surface area contributed by atoms with Crippen LogP contribution in [0.25, 0.3) is 0 Å². The molecule has 1 N–H and O–H groups in total. The number of hydrogen-bond acceptors (Lipinski definition) is 3. The quantitative estimate of drug-likeness (QED) is 0.797. The summed E-state index contributed by atoms with van der Waals surface area (Å²) in [6.07, 6.45) is 0. The van der Waals surface area contributed by atoms with Crippen molar-refractivity contribution in [2.75, 3.05) is 33.1 Å². The molecule has 0 saturated carbocycles.